The van der Waals surface area contributed by atoms with Crippen LogP contribution in [-0.4, -0.2) is 5.78 Å². The van der Waals surface area contributed by atoms with Crippen LogP contribution in [0.25, 0.3) is 0 Å². The van der Waals surface area contributed by atoms with Crippen LogP contribution in [0.2, 0.25) is 0 Å². The normalized spacial score (nSPS) is 35.0. The third-order valence-electron chi connectivity index (χ3n) is 4.19. The highest BCUT2D eigenvalue weighted by Gasteiger charge is 2.45. The van der Waals surface area contributed by atoms with Gasteiger partial charge in [0.2, 0.25) is 0 Å². The summed E-state index contributed by atoms with van der Waals surface area (Å²) in [5.74, 6) is 1.16. The lowest BCUT2D eigenvalue weighted by Gasteiger charge is -2.41. The molecule has 1 saturated carbocycles. The molecule has 2 aliphatic rings. The molecule has 78 valence electrons. The average Bonchev–Trinajstić information content (AvgIpc) is 2.53. The standard InChI is InChI=1S/C13H20O/c1-10-6-5-9-13(7-3-4-8-13)12(10)11(2)14/h5-6,10,12H,3-4,7-9H2,1-2H3/t10-,12-/m1/s1. The quantitative estimate of drug-likeness (QED) is 0.582. The summed E-state index contributed by atoms with van der Waals surface area (Å²) in [4.78, 5) is 11.7. The smallest absolute Gasteiger partial charge is 0.134 e. The first-order valence-corrected chi connectivity index (χ1v) is 5.83. The number of allylic oxidation sites excluding steroid dienone is 2. The van der Waals surface area contributed by atoms with Crippen LogP contribution in [0.1, 0.15) is 46.0 Å². The van der Waals surface area contributed by atoms with Gasteiger partial charge >= 0.3 is 0 Å². The number of Topliss-reactive ketones (excluding diaryl/α,β-unsaturated/α-hetero) is 1. The molecule has 1 spiro atoms. The fourth-order valence-corrected chi connectivity index (χ4v) is 3.71. The van der Waals surface area contributed by atoms with E-state index in [9.17, 15) is 4.79 Å². The van der Waals surface area contributed by atoms with Crippen LogP contribution in [0.15, 0.2) is 12.2 Å². The second-order valence-corrected chi connectivity index (χ2v) is 5.15. The third-order valence-corrected chi connectivity index (χ3v) is 4.19. The van der Waals surface area contributed by atoms with Gasteiger partial charge in [0.1, 0.15) is 5.78 Å². The van der Waals surface area contributed by atoms with E-state index in [1.54, 1.807) is 6.92 Å². The summed E-state index contributed by atoms with van der Waals surface area (Å²) in [6.07, 6.45) is 10.9. The summed E-state index contributed by atoms with van der Waals surface area (Å²) < 4.78 is 0. The van der Waals surface area contributed by atoms with Crippen molar-refractivity contribution in [3.8, 4) is 0 Å². The zero-order chi connectivity index (χ0) is 10.2. The fourth-order valence-electron chi connectivity index (χ4n) is 3.71. The van der Waals surface area contributed by atoms with Crippen molar-refractivity contribution in [2.24, 2.45) is 17.3 Å². The van der Waals surface area contributed by atoms with Gasteiger partial charge in [-0.15, -0.1) is 0 Å². The number of ketones is 1. The zero-order valence-corrected chi connectivity index (χ0v) is 9.25. The van der Waals surface area contributed by atoms with Crippen LogP contribution in [0, 0.1) is 17.3 Å². The molecule has 2 aliphatic carbocycles. The van der Waals surface area contributed by atoms with Gasteiger partial charge in [0.25, 0.3) is 0 Å². The number of rotatable bonds is 1. The molecule has 14 heavy (non-hydrogen) atoms. The van der Waals surface area contributed by atoms with Crippen LogP contribution >= 0.6 is 0 Å². The van der Waals surface area contributed by atoms with Gasteiger partial charge in [0.05, 0.1) is 0 Å². The molecule has 0 aromatic carbocycles. The Bertz CT molecular complexity index is 258. The van der Waals surface area contributed by atoms with E-state index in [4.69, 9.17) is 0 Å². The van der Waals surface area contributed by atoms with Crippen molar-refractivity contribution in [1.82, 2.24) is 0 Å². The minimum atomic E-state index is 0.301. The highest BCUT2D eigenvalue weighted by Crippen LogP contribution is 2.52. The first-order chi connectivity index (χ1) is 6.66. The van der Waals surface area contributed by atoms with Crippen LogP contribution in [0.3, 0.4) is 0 Å². The lowest BCUT2D eigenvalue weighted by molar-refractivity contribution is -0.126. The van der Waals surface area contributed by atoms with Crippen LogP contribution in [0.5, 0.6) is 0 Å². The van der Waals surface area contributed by atoms with E-state index in [1.807, 2.05) is 0 Å². The highest BCUT2D eigenvalue weighted by molar-refractivity contribution is 5.80. The third kappa shape index (κ3) is 1.43. The van der Waals surface area contributed by atoms with Gasteiger partial charge in [-0.3, -0.25) is 4.79 Å². The summed E-state index contributed by atoms with van der Waals surface area (Å²) in [6.45, 7) is 3.97. The van der Waals surface area contributed by atoms with Crippen molar-refractivity contribution in [2.45, 2.75) is 46.0 Å². The van der Waals surface area contributed by atoms with Gasteiger partial charge in [0.15, 0.2) is 0 Å². The van der Waals surface area contributed by atoms with Gasteiger partial charge < -0.3 is 0 Å². The van der Waals surface area contributed by atoms with E-state index in [-0.39, 0.29) is 0 Å². The maximum atomic E-state index is 11.7. The van der Waals surface area contributed by atoms with Crippen LogP contribution < -0.4 is 0 Å². The number of carbonyl (C=O) groups is 1. The molecule has 0 bridgehead atoms. The Morgan fingerprint density at radius 1 is 1.36 bits per heavy atom. The molecule has 1 fully saturated rings. The van der Waals surface area contributed by atoms with E-state index >= 15 is 0 Å². The zero-order valence-electron chi connectivity index (χ0n) is 9.25. The van der Waals surface area contributed by atoms with E-state index in [0.717, 1.165) is 6.42 Å². The van der Waals surface area contributed by atoms with Crippen molar-refractivity contribution in [3.05, 3.63) is 12.2 Å². The Morgan fingerprint density at radius 3 is 2.57 bits per heavy atom. The average molecular weight is 192 g/mol. The molecule has 0 saturated heterocycles. The highest BCUT2D eigenvalue weighted by atomic mass is 16.1. The van der Waals surface area contributed by atoms with Gasteiger partial charge in [-0.05, 0) is 37.5 Å². The van der Waals surface area contributed by atoms with E-state index in [2.05, 4.69) is 19.1 Å². The van der Waals surface area contributed by atoms with Crippen molar-refractivity contribution < 1.29 is 4.79 Å². The lowest BCUT2D eigenvalue weighted by atomic mass is 9.62. The van der Waals surface area contributed by atoms with Crippen molar-refractivity contribution in [1.29, 1.82) is 0 Å². The molecular formula is C13H20O. The molecule has 0 N–H and O–H groups in total. The SMILES string of the molecule is CC(=O)[C@H]1[C@H](C)C=CCC12CCCC2. The van der Waals surface area contributed by atoms with Crippen LogP contribution in [0.4, 0.5) is 0 Å². The van der Waals surface area contributed by atoms with Gasteiger partial charge in [-0.2, -0.15) is 0 Å². The van der Waals surface area contributed by atoms with E-state index in [0.29, 0.717) is 23.0 Å². The largest absolute Gasteiger partial charge is 0.300 e. The predicted octanol–water partition coefficient (Wildman–Crippen LogP) is 3.35. The van der Waals surface area contributed by atoms with Crippen molar-refractivity contribution >= 4 is 5.78 Å². The number of hydrogen-bond acceptors (Lipinski definition) is 1. The predicted molar refractivity (Wildman–Crippen MR) is 58.0 cm³/mol. The van der Waals surface area contributed by atoms with Gasteiger partial charge in [0, 0.05) is 5.92 Å². The van der Waals surface area contributed by atoms with E-state index in [1.165, 1.54) is 25.7 Å². The molecule has 0 amide bonds. The molecule has 1 heteroatoms. The summed E-state index contributed by atoms with van der Waals surface area (Å²) in [7, 11) is 0. The molecule has 0 aromatic heterocycles. The van der Waals surface area contributed by atoms with Gasteiger partial charge in [-0.1, -0.05) is 31.9 Å². The minimum absolute atomic E-state index is 0.301. The lowest BCUT2D eigenvalue weighted by Crippen LogP contribution is -2.38. The molecule has 1 nitrogen and oxygen atoms in total. The fraction of sp³-hybridized carbons (Fsp3) is 0.769. The van der Waals surface area contributed by atoms with Crippen molar-refractivity contribution in [3.63, 3.8) is 0 Å². The maximum absolute atomic E-state index is 11.7. The summed E-state index contributed by atoms with van der Waals surface area (Å²) in [6, 6.07) is 0. The first-order valence-electron chi connectivity index (χ1n) is 5.83. The van der Waals surface area contributed by atoms with E-state index < -0.39 is 0 Å². The molecule has 2 rings (SSSR count). The Hall–Kier alpha value is -0.590. The van der Waals surface area contributed by atoms with Crippen LogP contribution in [-0.2, 0) is 4.79 Å². The maximum Gasteiger partial charge on any atom is 0.134 e. The molecule has 2 atom stereocenters. The molecule has 0 aliphatic heterocycles. The monoisotopic (exact) mass is 192 g/mol. The Morgan fingerprint density at radius 2 is 2.00 bits per heavy atom. The molecule has 0 unspecified atom stereocenters. The Kier molecular flexibility index (Phi) is 2.50. The first kappa shape index (κ1) is 9.95. The number of carbonyl (C=O) groups excluding carboxylic acids is 1. The Labute approximate surface area is 86.6 Å². The number of hydrogen-bond donors (Lipinski definition) is 0. The molecule has 0 heterocycles. The topological polar surface area (TPSA) is 17.1 Å². The minimum Gasteiger partial charge on any atom is -0.300 e. The summed E-state index contributed by atoms with van der Waals surface area (Å²) in [5, 5.41) is 0. The van der Waals surface area contributed by atoms with Crippen molar-refractivity contribution in [2.75, 3.05) is 0 Å². The molecule has 0 radical (unpaired) electrons. The second-order valence-electron chi connectivity index (χ2n) is 5.15. The summed E-state index contributed by atoms with van der Waals surface area (Å²) in [5.41, 5.74) is 0.347. The molecular weight excluding hydrogens is 172 g/mol. The summed E-state index contributed by atoms with van der Waals surface area (Å²) >= 11 is 0. The molecule has 0 aromatic rings. The second kappa shape index (κ2) is 3.52. The Balaban J connectivity index is 2.30. The van der Waals surface area contributed by atoms with Gasteiger partial charge in [-0.25, -0.2) is 0 Å².